The van der Waals surface area contributed by atoms with Gasteiger partial charge in [0.15, 0.2) is 0 Å². The number of carbonyl (C=O) groups is 1. The molecule has 0 radical (unpaired) electrons. The highest BCUT2D eigenvalue weighted by Crippen LogP contribution is 2.21. The van der Waals surface area contributed by atoms with Crippen LogP contribution in [0.15, 0.2) is 71.6 Å². The number of sulfonamides is 1. The summed E-state index contributed by atoms with van der Waals surface area (Å²) < 4.78 is 53.5. The minimum Gasteiger partial charge on any atom is -0.322 e. The van der Waals surface area contributed by atoms with Crippen LogP contribution in [0.5, 0.6) is 0 Å². The van der Waals surface area contributed by atoms with E-state index in [1.165, 1.54) is 48.5 Å². The quantitative estimate of drug-likeness (QED) is 0.627. The summed E-state index contributed by atoms with van der Waals surface area (Å²) in [6, 6.07) is 13.8. The largest absolute Gasteiger partial charge is 0.322 e. The number of anilines is 2. The minimum absolute atomic E-state index is 0.0717. The molecule has 0 bridgehead atoms. The zero-order valence-corrected chi connectivity index (χ0v) is 15.7. The minimum atomic E-state index is -3.99. The number of benzene rings is 3. The fourth-order valence-corrected chi connectivity index (χ4v) is 3.60. The average Bonchev–Trinajstić information content (AvgIpc) is 2.66. The molecule has 0 fully saturated rings. The van der Waals surface area contributed by atoms with Crippen molar-refractivity contribution in [3.63, 3.8) is 0 Å². The number of amides is 1. The molecule has 0 unspecified atom stereocenters. The first-order valence-electron chi connectivity index (χ1n) is 7.89. The van der Waals surface area contributed by atoms with Crippen molar-refractivity contribution in [3.8, 4) is 0 Å². The van der Waals surface area contributed by atoms with E-state index in [1.807, 2.05) is 0 Å². The van der Waals surface area contributed by atoms with Crippen molar-refractivity contribution in [3.05, 3.63) is 89.0 Å². The molecular weight excluding hydrogens is 410 g/mol. The zero-order valence-electron chi connectivity index (χ0n) is 14.1. The molecule has 0 saturated heterocycles. The van der Waals surface area contributed by atoms with Gasteiger partial charge < -0.3 is 5.32 Å². The number of nitrogens with one attached hydrogen (secondary N) is 2. The third-order valence-corrected chi connectivity index (χ3v) is 5.35. The zero-order chi connectivity index (χ0) is 20.3. The van der Waals surface area contributed by atoms with Gasteiger partial charge in [-0.15, -0.1) is 0 Å². The molecule has 3 aromatic carbocycles. The number of hydrogen-bond acceptors (Lipinski definition) is 3. The van der Waals surface area contributed by atoms with E-state index in [0.717, 1.165) is 18.2 Å². The summed E-state index contributed by atoms with van der Waals surface area (Å²) in [5.41, 5.74) is 0.508. The second-order valence-electron chi connectivity index (χ2n) is 5.72. The Hall–Kier alpha value is -2.97. The van der Waals surface area contributed by atoms with Crippen LogP contribution in [0.4, 0.5) is 20.2 Å². The number of halogens is 3. The highest BCUT2D eigenvalue weighted by Gasteiger charge is 2.17. The van der Waals surface area contributed by atoms with Gasteiger partial charge in [0.1, 0.15) is 11.6 Å². The first-order chi connectivity index (χ1) is 13.2. The second-order valence-corrected chi connectivity index (χ2v) is 7.81. The molecule has 0 aliphatic carbocycles. The highest BCUT2D eigenvalue weighted by molar-refractivity contribution is 7.92. The van der Waals surface area contributed by atoms with E-state index in [1.54, 1.807) is 0 Å². The van der Waals surface area contributed by atoms with Crippen LogP contribution < -0.4 is 10.0 Å². The third kappa shape index (κ3) is 4.65. The van der Waals surface area contributed by atoms with Crippen LogP contribution in [-0.4, -0.2) is 14.3 Å². The van der Waals surface area contributed by atoms with Gasteiger partial charge >= 0.3 is 0 Å². The lowest BCUT2D eigenvalue weighted by Gasteiger charge is -2.10. The number of hydrogen-bond donors (Lipinski definition) is 2. The summed E-state index contributed by atoms with van der Waals surface area (Å²) >= 11 is 5.68. The third-order valence-electron chi connectivity index (χ3n) is 3.68. The van der Waals surface area contributed by atoms with E-state index < -0.39 is 27.6 Å². The Morgan fingerprint density at radius 1 is 0.893 bits per heavy atom. The van der Waals surface area contributed by atoms with Gasteiger partial charge in [-0.2, -0.15) is 0 Å². The fraction of sp³-hybridized carbons (Fsp3) is 0. The Balaban J connectivity index is 1.81. The topological polar surface area (TPSA) is 75.3 Å². The fourth-order valence-electron chi connectivity index (χ4n) is 2.31. The van der Waals surface area contributed by atoms with E-state index in [0.29, 0.717) is 0 Å². The Kier molecular flexibility index (Phi) is 5.62. The average molecular weight is 423 g/mol. The molecule has 3 aromatic rings. The van der Waals surface area contributed by atoms with E-state index in [4.69, 9.17) is 11.6 Å². The molecule has 0 aromatic heterocycles. The molecule has 0 heterocycles. The van der Waals surface area contributed by atoms with Crippen LogP contribution in [0, 0.1) is 11.6 Å². The molecule has 144 valence electrons. The van der Waals surface area contributed by atoms with Gasteiger partial charge in [0.25, 0.3) is 15.9 Å². The normalized spacial score (nSPS) is 11.1. The first kappa shape index (κ1) is 19.8. The van der Waals surface area contributed by atoms with Crippen LogP contribution >= 0.6 is 11.6 Å². The summed E-state index contributed by atoms with van der Waals surface area (Å²) in [6.45, 7) is 0. The summed E-state index contributed by atoms with van der Waals surface area (Å²) in [5.74, 6) is -1.72. The molecule has 1 amide bonds. The van der Waals surface area contributed by atoms with Crippen molar-refractivity contribution in [1.82, 2.24) is 0 Å². The molecular formula is C19H13ClF2N2O3S. The predicted octanol–water partition coefficient (Wildman–Crippen LogP) is 4.67. The van der Waals surface area contributed by atoms with Gasteiger partial charge in [0, 0.05) is 16.9 Å². The van der Waals surface area contributed by atoms with Gasteiger partial charge in [0.2, 0.25) is 0 Å². The van der Waals surface area contributed by atoms with Crippen molar-refractivity contribution in [2.75, 3.05) is 10.0 Å². The van der Waals surface area contributed by atoms with E-state index in [-0.39, 0.29) is 26.9 Å². The van der Waals surface area contributed by atoms with E-state index >= 15 is 0 Å². The van der Waals surface area contributed by atoms with Gasteiger partial charge in [0.05, 0.1) is 9.92 Å². The van der Waals surface area contributed by atoms with Gasteiger partial charge in [-0.3, -0.25) is 9.52 Å². The smallest absolute Gasteiger partial charge is 0.261 e. The lowest BCUT2D eigenvalue weighted by Crippen LogP contribution is -2.16. The van der Waals surface area contributed by atoms with Crippen molar-refractivity contribution in [1.29, 1.82) is 0 Å². The maximum atomic E-state index is 13.2. The molecule has 5 nitrogen and oxygen atoms in total. The maximum absolute atomic E-state index is 13.2. The molecule has 0 spiro atoms. The standard InChI is InChI=1S/C19H13ClF2N2O3S/c20-17-11-15(8-9-18(17)22)23-19(25)12-2-1-3-16(10-12)28(26,27)24-14-6-4-13(21)5-7-14/h1-11,24H,(H,23,25). The van der Waals surface area contributed by atoms with Crippen LogP contribution in [-0.2, 0) is 10.0 Å². The first-order valence-corrected chi connectivity index (χ1v) is 9.75. The lowest BCUT2D eigenvalue weighted by molar-refractivity contribution is 0.102. The Morgan fingerprint density at radius 2 is 1.57 bits per heavy atom. The lowest BCUT2D eigenvalue weighted by atomic mass is 10.2. The summed E-state index contributed by atoms with van der Waals surface area (Å²) in [7, 11) is -3.99. The van der Waals surface area contributed by atoms with Gasteiger partial charge in [-0.1, -0.05) is 17.7 Å². The summed E-state index contributed by atoms with van der Waals surface area (Å²) in [5, 5.41) is 2.36. The molecule has 3 rings (SSSR count). The Morgan fingerprint density at radius 3 is 2.25 bits per heavy atom. The van der Waals surface area contributed by atoms with Crippen LogP contribution in [0.1, 0.15) is 10.4 Å². The molecule has 0 saturated carbocycles. The Labute approximate surface area is 165 Å². The molecule has 0 atom stereocenters. The van der Waals surface area contributed by atoms with E-state index in [9.17, 15) is 22.0 Å². The summed E-state index contributed by atoms with van der Waals surface area (Å²) in [6.07, 6.45) is 0. The van der Waals surface area contributed by atoms with Crippen LogP contribution in [0.2, 0.25) is 5.02 Å². The van der Waals surface area contributed by atoms with Crippen molar-refractivity contribution >= 4 is 38.9 Å². The highest BCUT2D eigenvalue weighted by atomic mass is 35.5. The van der Waals surface area contributed by atoms with Crippen molar-refractivity contribution < 1.29 is 22.0 Å². The van der Waals surface area contributed by atoms with Gasteiger partial charge in [-0.05, 0) is 60.7 Å². The van der Waals surface area contributed by atoms with Crippen LogP contribution in [0.3, 0.4) is 0 Å². The summed E-state index contributed by atoms with van der Waals surface area (Å²) in [4.78, 5) is 12.2. The predicted molar refractivity (Wildman–Crippen MR) is 103 cm³/mol. The molecule has 2 N–H and O–H groups in total. The molecule has 0 aliphatic heterocycles. The number of rotatable bonds is 5. The van der Waals surface area contributed by atoms with Gasteiger partial charge in [-0.25, -0.2) is 17.2 Å². The molecule has 28 heavy (non-hydrogen) atoms. The monoisotopic (exact) mass is 422 g/mol. The van der Waals surface area contributed by atoms with Crippen molar-refractivity contribution in [2.24, 2.45) is 0 Å². The molecule has 9 heteroatoms. The van der Waals surface area contributed by atoms with Crippen LogP contribution in [0.25, 0.3) is 0 Å². The van der Waals surface area contributed by atoms with E-state index in [2.05, 4.69) is 10.0 Å². The SMILES string of the molecule is O=C(Nc1ccc(F)c(Cl)c1)c1cccc(S(=O)(=O)Nc2ccc(F)cc2)c1. The second kappa shape index (κ2) is 7.95. The number of carbonyl (C=O) groups excluding carboxylic acids is 1. The maximum Gasteiger partial charge on any atom is 0.261 e. The van der Waals surface area contributed by atoms with Crippen molar-refractivity contribution in [2.45, 2.75) is 4.90 Å². The molecule has 0 aliphatic rings. The Bertz CT molecular complexity index is 1140.